The molecule has 0 radical (unpaired) electrons. The van der Waals surface area contributed by atoms with Gasteiger partial charge in [-0.2, -0.15) is 0 Å². The van der Waals surface area contributed by atoms with Gasteiger partial charge >= 0.3 is 0 Å². The number of piperazine rings is 1. The second-order valence-corrected chi connectivity index (χ2v) is 4.93. The third-order valence-corrected chi connectivity index (χ3v) is 3.50. The number of unbranched alkanes of at least 4 members (excludes halogenated alkanes) is 3. The van der Waals surface area contributed by atoms with Gasteiger partial charge in [0.1, 0.15) is 0 Å². The van der Waals surface area contributed by atoms with Gasteiger partial charge < -0.3 is 5.32 Å². The molecule has 0 spiro atoms. The number of nitrogens with one attached hydrogen (secondary N) is 1. The molecule has 1 heterocycles. The minimum absolute atomic E-state index is 0.680. The van der Waals surface area contributed by atoms with Gasteiger partial charge in [0, 0.05) is 25.2 Å². The zero-order valence-electron chi connectivity index (χ0n) is 10.8. The first-order chi connectivity index (χ1) is 7.27. The van der Waals surface area contributed by atoms with Crippen LogP contribution in [0.4, 0.5) is 0 Å². The Morgan fingerprint density at radius 2 is 2.00 bits per heavy atom. The van der Waals surface area contributed by atoms with Gasteiger partial charge in [-0.15, -0.1) is 0 Å². The van der Waals surface area contributed by atoms with Gasteiger partial charge in [-0.1, -0.05) is 33.1 Å². The van der Waals surface area contributed by atoms with Gasteiger partial charge in [-0.3, -0.25) is 4.90 Å². The maximum Gasteiger partial charge on any atom is 0.0218 e. The van der Waals surface area contributed by atoms with E-state index in [2.05, 4.69) is 31.0 Å². The third-order valence-electron chi connectivity index (χ3n) is 3.50. The number of hydrogen-bond acceptors (Lipinski definition) is 2. The molecule has 0 bridgehead atoms. The van der Waals surface area contributed by atoms with Gasteiger partial charge in [0.05, 0.1) is 0 Å². The first-order valence-corrected chi connectivity index (χ1v) is 6.75. The molecule has 0 aromatic heterocycles. The van der Waals surface area contributed by atoms with Crippen molar-refractivity contribution in [2.24, 2.45) is 0 Å². The van der Waals surface area contributed by atoms with E-state index in [1.54, 1.807) is 0 Å². The lowest BCUT2D eigenvalue weighted by atomic mass is 10.1. The molecule has 90 valence electrons. The smallest absolute Gasteiger partial charge is 0.0218 e. The number of rotatable bonds is 6. The van der Waals surface area contributed by atoms with E-state index in [0.29, 0.717) is 6.04 Å². The summed E-state index contributed by atoms with van der Waals surface area (Å²) in [5.74, 6) is 0. The van der Waals surface area contributed by atoms with Crippen molar-refractivity contribution in [1.29, 1.82) is 0 Å². The Hall–Kier alpha value is -0.0800. The van der Waals surface area contributed by atoms with E-state index >= 15 is 0 Å². The summed E-state index contributed by atoms with van der Waals surface area (Å²) in [5, 5.41) is 3.57. The zero-order valence-corrected chi connectivity index (χ0v) is 10.8. The highest BCUT2D eigenvalue weighted by atomic mass is 15.2. The summed E-state index contributed by atoms with van der Waals surface area (Å²) in [4.78, 5) is 2.69. The van der Waals surface area contributed by atoms with Crippen LogP contribution in [0.3, 0.4) is 0 Å². The van der Waals surface area contributed by atoms with Crippen LogP contribution in [0.25, 0.3) is 0 Å². The summed E-state index contributed by atoms with van der Waals surface area (Å²) >= 11 is 0. The summed E-state index contributed by atoms with van der Waals surface area (Å²) < 4.78 is 0. The second-order valence-electron chi connectivity index (χ2n) is 4.93. The largest absolute Gasteiger partial charge is 0.311 e. The van der Waals surface area contributed by atoms with Crippen molar-refractivity contribution >= 4 is 0 Å². The molecule has 15 heavy (non-hydrogen) atoms. The highest BCUT2D eigenvalue weighted by molar-refractivity contribution is 4.82. The number of nitrogens with zero attached hydrogens (tertiary/aromatic N) is 1. The molecule has 0 saturated carbocycles. The van der Waals surface area contributed by atoms with Crippen LogP contribution in [-0.2, 0) is 0 Å². The monoisotopic (exact) mass is 212 g/mol. The molecule has 2 atom stereocenters. The molecule has 0 aliphatic carbocycles. The van der Waals surface area contributed by atoms with Crippen LogP contribution < -0.4 is 5.32 Å². The first kappa shape index (κ1) is 13.0. The van der Waals surface area contributed by atoms with Crippen molar-refractivity contribution < 1.29 is 0 Å². The molecule has 1 rings (SSSR count). The summed E-state index contributed by atoms with van der Waals surface area (Å²) in [6.45, 7) is 10.6. The summed E-state index contributed by atoms with van der Waals surface area (Å²) in [7, 11) is 0. The topological polar surface area (TPSA) is 15.3 Å². The average Bonchev–Trinajstić information content (AvgIpc) is 2.25. The van der Waals surface area contributed by atoms with E-state index in [1.165, 1.54) is 51.7 Å². The third kappa shape index (κ3) is 4.52. The van der Waals surface area contributed by atoms with Crippen molar-refractivity contribution in [2.75, 3.05) is 19.6 Å². The minimum Gasteiger partial charge on any atom is -0.311 e. The van der Waals surface area contributed by atoms with E-state index in [1.807, 2.05) is 0 Å². The Balaban J connectivity index is 2.22. The molecule has 2 unspecified atom stereocenters. The van der Waals surface area contributed by atoms with E-state index in [9.17, 15) is 0 Å². The average molecular weight is 212 g/mol. The standard InChI is InChI=1S/C13H28N2/c1-4-6-7-8-9-15-11-12(3)14-10-13(15)5-2/h12-14H,4-11H2,1-3H3. The van der Waals surface area contributed by atoms with Crippen LogP contribution in [0.1, 0.15) is 52.9 Å². The first-order valence-electron chi connectivity index (χ1n) is 6.75. The molecule has 2 heteroatoms. The van der Waals surface area contributed by atoms with Crippen molar-refractivity contribution in [3.8, 4) is 0 Å². The molecular formula is C13H28N2. The Morgan fingerprint density at radius 3 is 2.67 bits per heavy atom. The Morgan fingerprint density at radius 1 is 1.20 bits per heavy atom. The molecular weight excluding hydrogens is 184 g/mol. The lowest BCUT2D eigenvalue weighted by molar-refractivity contribution is 0.129. The van der Waals surface area contributed by atoms with Crippen LogP contribution >= 0.6 is 0 Å². The predicted octanol–water partition coefficient (Wildman–Crippen LogP) is 2.64. The van der Waals surface area contributed by atoms with Gasteiger partial charge in [-0.25, -0.2) is 0 Å². The molecule has 1 N–H and O–H groups in total. The van der Waals surface area contributed by atoms with E-state index in [-0.39, 0.29) is 0 Å². The van der Waals surface area contributed by atoms with E-state index < -0.39 is 0 Å². The lowest BCUT2D eigenvalue weighted by Gasteiger charge is -2.39. The number of hydrogen-bond donors (Lipinski definition) is 1. The summed E-state index contributed by atoms with van der Waals surface area (Å²) in [6.07, 6.45) is 6.82. The fourth-order valence-corrected chi connectivity index (χ4v) is 2.45. The summed E-state index contributed by atoms with van der Waals surface area (Å²) in [5.41, 5.74) is 0. The Kier molecular flexibility index (Phi) is 6.26. The van der Waals surface area contributed by atoms with Crippen LogP contribution in [0, 0.1) is 0 Å². The highest BCUT2D eigenvalue weighted by Crippen LogP contribution is 2.12. The van der Waals surface area contributed by atoms with E-state index in [0.717, 1.165) is 6.04 Å². The molecule has 0 aromatic carbocycles. The molecule has 1 fully saturated rings. The molecule has 2 nitrogen and oxygen atoms in total. The molecule has 0 amide bonds. The lowest BCUT2D eigenvalue weighted by Crippen LogP contribution is -2.55. The quantitative estimate of drug-likeness (QED) is 0.681. The predicted molar refractivity (Wildman–Crippen MR) is 67.3 cm³/mol. The van der Waals surface area contributed by atoms with Crippen LogP contribution in [-0.4, -0.2) is 36.6 Å². The van der Waals surface area contributed by atoms with Crippen molar-refractivity contribution in [3.05, 3.63) is 0 Å². The van der Waals surface area contributed by atoms with Crippen molar-refractivity contribution in [2.45, 2.75) is 65.0 Å². The molecule has 1 aliphatic rings. The molecule has 1 aliphatic heterocycles. The maximum absolute atomic E-state index is 3.57. The van der Waals surface area contributed by atoms with E-state index in [4.69, 9.17) is 0 Å². The van der Waals surface area contributed by atoms with Crippen LogP contribution in [0.2, 0.25) is 0 Å². The van der Waals surface area contributed by atoms with Gasteiger partial charge in [0.25, 0.3) is 0 Å². The maximum atomic E-state index is 3.57. The van der Waals surface area contributed by atoms with Crippen molar-refractivity contribution in [3.63, 3.8) is 0 Å². The molecule has 1 saturated heterocycles. The Labute approximate surface area is 95.4 Å². The minimum atomic E-state index is 0.680. The van der Waals surface area contributed by atoms with Gasteiger partial charge in [-0.05, 0) is 26.3 Å². The second kappa shape index (κ2) is 7.24. The van der Waals surface area contributed by atoms with Gasteiger partial charge in [0.2, 0.25) is 0 Å². The summed E-state index contributed by atoms with van der Waals surface area (Å²) in [6, 6.07) is 1.46. The van der Waals surface area contributed by atoms with Crippen LogP contribution in [0.5, 0.6) is 0 Å². The van der Waals surface area contributed by atoms with Crippen LogP contribution in [0.15, 0.2) is 0 Å². The fourth-order valence-electron chi connectivity index (χ4n) is 2.45. The van der Waals surface area contributed by atoms with Crippen molar-refractivity contribution in [1.82, 2.24) is 10.2 Å². The normalized spacial score (nSPS) is 28.2. The Bertz CT molecular complexity index is 159. The zero-order chi connectivity index (χ0) is 11.1. The SMILES string of the molecule is CCCCCCN1CC(C)NCC1CC. The highest BCUT2D eigenvalue weighted by Gasteiger charge is 2.23. The molecule has 0 aromatic rings. The van der Waals surface area contributed by atoms with Gasteiger partial charge in [0.15, 0.2) is 0 Å². The fraction of sp³-hybridized carbons (Fsp3) is 1.00.